The van der Waals surface area contributed by atoms with Gasteiger partial charge in [-0.25, -0.2) is 0 Å². The summed E-state index contributed by atoms with van der Waals surface area (Å²) in [4.78, 5) is 81.9. The summed E-state index contributed by atoms with van der Waals surface area (Å²) in [5, 5.41) is 16.2. The standard InChI is InChI=1S/C39H49N13O6/c1-50(18-34(53)44-24-51(20-36(55)46-30-10-2-6-26(40)14-30)21-37(56)47-31-11-3-7-27(41)15-31)19-35(54)45-25-52(22-38(57)48-32-12-4-8-28(42)16-32)23-39(58)49-33-13-5-9-29(43)17-33/h2-17H,18-25,40-43H2,1H3,(H,44,53)(H,45,54)(H,46,55)(H,47,56)(H,48,57)(H,49,58). The number of carbonyl (C=O) groups excluding carboxylic acids is 6. The van der Waals surface area contributed by atoms with Crippen molar-refractivity contribution in [2.45, 2.75) is 0 Å². The van der Waals surface area contributed by atoms with Gasteiger partial charge in [0, 0.05) is 45.5 Å². The molecular weight excluding hydrogens is 747 g/mol. The van der Waals surface area contributed by atoms with E-state index in [-0.39, 0.29) is 52.6 Å². The highest BCUT2D eigenvalue weighted by Crippen LogP contribution is 2.15. The molecule has 58 heavy (non-hydrogen) atoms. The van der Waals surface area contributed by atoms with Crippen LogP contribution in [0.2, 0.25) is 0 Å². The molecule has 0 saturated heterocycles. The Hall–Kier alpha value is -7.22. The normalized spacial score (nSPS) is 10.8. The molecule has 0 aliphatic rings. The van der Waals surface area contributed by atoms with Gasteiger partial charge < -0.3 is 54.8 Å². The predicted molar refractivity (Wildman–Crippen MR) is 225 cm³/mol. The molecule has 0 spiro atoms. The topological polar surface area (TPSA) is 288 Å². The Bertz CT molecular complexity index is 1810. The van der Waals surface area contributed by atoms with Gasteiger partial charge in [-0.15, -0.1) is 0 Å². The number of carbonyl (C=O) groups is 6. The van der Waals surface area contributed by atoms with Gasteiger partial charge in [-0.2, -0.15) is 0 Å². The molecule has 4 aromatic carbocycles. The molecular formula is C39H49N13O6. The average molecular weight is 796 g/mol. The monoisotopic (exact) mass is 795 g/mol. The molecule has 0 aromatic heterocycles. The Morgan fingerprint density at radius 1 is 0.414 bits per heavy atom. The Morgan fingerprint density at radius 2 is 0.672 bits per heavy atom. The number of rotatable bonds is 20. The maximum Gasteiger partial charge on any atom is 0.238 e. The fourth-order valence-electron chi connectivity index (χ4n) is 5.47. The maximum absolute atomic E-state index is 13.0. The van der Waals surface area contributed by atoms with Crippen LogP contribution in [0.25, 0.3) is 0 Å². The minimum atomic E-state index is -0.495. The summed E-state index contributed by atoms with van der Waals surface area (Å²) in [6, 6.07) is 26.4. The van der Waals surface area contributed by atoms with Gasteiger partial charge in [0.05, 0.1) is 52.6 Å². The summed E-state index contributed by atoms with van der Waals surface area (Å²) in [7, 11) is 1.55. The third kappa shape index (κ3) is 16.3. The number of likely N-dealkylation sites (N-methyl/N-ethyl adjacent to an activating group) is 1. The van der Waals surface area contributed by atoms with Crippen LogP contribution in [0, 0.1) is 0 Å². The first-order valence-electron chi connectivity index (χ1n) is 18.0. The van der Waals surface area contributed by atoms with Gasteiger partial charge in [-0.1, -0.05) is 24.3 Å². The molecule has 19 nitrogen and oxygen atoms in total. The lowest BCUT2D eigenvalue weighted by atomic mass is 10.3. The van der Waals surface area contributed by atoms with Crippen LogP contribution in [0.15, 0.2) is 97.1 Å². The van der Waals surface area contributed by atoms with E-state index in [1.807, 2.05) is 0 Å². The van der Waals surface area contributed by atoms with E-state index in [1.165, 1.54) is 14.7 Å². The van der Waals surface area contributed by atoms with Crippen LogP contribution < -0.4 is 54.8 Å². The molecule has 4 rings (SSSR count). The third-order valence-electron chi connectivity index (χ3n) is 7.98. The Labute approximate surface area is 335 Å². The molecule has 14 N–H and O–H groups in total. The molecule has 0 heterocycles. The van der Waals surface area contributed by atoms with E-state index in [1.54, 1.807) is 104 Å². The minimum absolute atomic E-state index is 0.183. The van der Waals surface area contributed by atoms with E-state index in [0.29, 0.717) is 45.5 Å². The number of amides is 6. The number of hydrogen-bond acceptors (Lipinski definition) is 13. The quantitative estimate of drug-likeness (QED) is 0.0433. The molecule has 0 aliphatic carbocycles. The Kier molecular flexibility index (Phi) is 16.3. The average Bonchev–Trinajstić information content (AvgIpc) is 3.12. The third-order valence-corrected chi connectivity index (χ3v) is 7.98. The van der Waals surface area contributed by atoms with E-state index in [2.05, 4.69) is 31.9 Å². The van der Waals surface area contributed by atoms with Crippen LogP contribution >= 0.6 is 0 Å². The van der Waals surface area contributed by atoms with Gasteiger partial charge in [0.2, 0.25) is 35.4 Å². The highest BCUT2D eigenvalue weighted by molar-refractivity contribution is 5.96. The zero-order chi connectivity index (χ0) is 42.0. The van der Waals surface area contributed by atoms with Crippen LogP contribution in [0.4, 0.5) is 45.5 Å². The van der Waals surface area contributed by atoms with Crippen molar-refractivity contribution in [2.24, 2.45) is 0 Å². The fraction of sp³-hybridized carbons (Fsp3) is 0.231. The first-order chi connectivity index (χ1) is 27.7. The number of hydrogen-bond donors (Lipinski definition) is 10. The predicted octanol–water partition coefficient (Wildman–Crippen LogP) is 0.553. The molecule has 6 amide bonds. The molecule has 306 valence electrons. The second-order valence-electron chi connectivity index (χ2n) is 13.4. The number of nitrogens with one attached hydrogen (secondary N) is 6. The SMILES string of the molecule is CN(CC(=O)NCN(CC(=O)Nc1cccc(N)c1)CC(=O)Nc1cccc(N)c1)CC(=O)NCN(CC(=O)Nc1cccc(N)c1)CC(=O)Nc1cccc(N)c1. The minimum Gasteiger partial charge on any atom is -0.399 e. The van der Waals surface area contributed by atoms with Crippen molar-refractivity contribution in [3.63, 3.8) is 0 Å². The van der Waals surface area contributed by atoms with Crippen molar-refractivity contribution in [3.8, 4) is 0 Å². The van der Waals surface area contributed by atoms with Gasteiger partial charge in [0.1, 0.15) is 0 Å². The zero-order valence-electron chi connectivity index (χ0n) is 32.0. The van der Waals surface area contributed by atoms with Crippen LogP contribution in [-0.4, -0.2) is 110 Å². The zero-order valence-corrected chi connectivity index (χ0v) is 32.0. The van der Waals surface area contributed by atoms with Crippen molar-refractivity contribution < 1.29 is 28.8 Å². The molecule has 19 heteroatoms. The maximum atomic E-state index is 13.0. The number of benzene rings is 4. The number of nitrogens with zero attached hydrogens (tertiary/aromatic N) is 3. The van der Waals surface area contributed by atoms with Gasteiger partial charge in [0.25, 0.3) is 0 Å². The summed E-state index contributed by atoms with van der Waals surface area (Å²) in [6.07, 6.45) is 0. The van der Waals surface area contributed by atoms with Gasteiger partial charge in [-0.05, 0) is 79.8 Å². The van der Waals surface area contributed by atoms with Gasteiger partial charge in [0.15, 0.2) is 0 Å². The molecule has 0 atom stereocenters. The summed E-state index contributed by atoms with van der Waals surface area (Å²) in [5.74, 6) is -2.81. The highest BCUT2D eigenvalue weighted by Gasteiger charge is 2.20. The van der Waals surface area contributed by atoms with Crippen LogP contribution in [0.1, 0.15) is 0 Å². The van der Waals surface area contributed by atoms with Crippen LogP contribution in [0.5, 0.6) is 0 Å². The lowest BCUT2D eigenvalue weighted by molar-refractivity contribution is -0.128. The molecule has 0 saturated carbocycles. The van der Waals surface area contributed by atoms with Crippen molar-refractivity contribution >= 4 is 80.9 Å². The lowest BCUT2D eigenvalue weighted by Crippen LogP contribution is -2.49. The van der Waals surface area contributed by atoms with Crippen molar-refractivity contribution in [3.05, 3.63) is 97.1 Å². The molecule has 0 unspecified atom stereocenters. The van der Waals surface area contributed by atoms with E-state index >= 15 is 0 Å². The summed E-state index contributed by atoms with van der Waals surface area (Å²) in [5.41, 5.74) is 26.9. The number of nitrogen functional groups attached to an aromatic ring is 4. The smallest absolute Gasteiger partial charge is 0.238 e. The van der Waals surface area contributed by atoms with Gasteiger partial charge in [-0.3, -0.25) is 43.5 Å². The highest BCUT2D eigenvalue weighted by atomic mass is 16.2. The first kappa shape index (κ1) is 43.5. The summed E-state index contributed by atoms with van der Waals surface area (Å²) in [6.45, 7) is -1.85. The van der Waals surface area contributed by atoms with E-state index in [0.717, 1.165) is 0 Å². The van der Waals surface area contributed by atoms with E-state index in [9.17, 15) is 28.8 Å². The van der Waals surface area contributed by atoms with E-state index < -0.39 is 35.4 Å². The van der Waals surface area contributed by atoms with Gasteiger partial charge >= 0.3 is 0 Å². The second kappa shape index (κ2) is 21.8. The number of nitrogens with two attached hydrogens (primary N) is 4. The van der Waals surface area contributed by atoms with Crippen LogP contribution in [0.3, 0.4) is 0 Å². The summed E-state index contributed by atoms with van der Waals surface area (Å²) < 4.78 is 0. The fourth-order valence-corrected chi connectivity index (χ4v) is 5.47. The number of anilines is 8. The Balaban J connectivity index is 1.30. The van der Waals surface area contributed by atoms with E-state index in [4.69, 9.17) is 22.9 Å². The first-order valence-corrected chi connectivity index (χ1v) is 18.0. The van der Waals surface area contributed by atoms with Crippen molar-refractivity contribution in [1.82, 2.24) is 25.3 Å². The Morgan fingerprint density at radius 3 is 0.914 bits per heavy atom. The summed E-state index contributed by atoms with van der Waals surface area (Å²) >= 11 is 0. The van der Waals surface area contributed by atoms with Crippen molar-refractivity contribution in [1.29, 1.82) is 0 Å². The molecule has 0 fully saturated rings. The molecule has 0 bridgehead atoms. The van der Waals surface area contributed by atoms with Crippen molar-refractivity contribution in [2.75, 3.05) is 104 Å². The largest absolute Gasteiger partial charge is 0.399 e. The molecule has 0 aliphatic heterocycles. The lowest BCUT2D eigenvalue weighted by Gasteiger charge is -2.24. The second-order valence-corrected chi connectivity index (χ2v) is 13.4. The van der Waals surface area contributed by atoms with Crippen LogP contribution in [-0.2, 0) is 28.8 Å². The molecule has 4 aromatic rings. The molecule has 0 radical (unpaired) electrons.